The number of hydrogen-bond donors (Lipinski definition) is 3. The van der Waals surface area contributed by atoms with Gasteiger partial charge in [0.25, 0.3) is 5.91 Å². The zero-order chi connectivity index (χ0) is 15.7. The van der Waals surface area contributed by atoms with Gasteiger partial charge in [-0.25, -0.2) is 5.84 Å². The topological polar surface area (TPSA) is 96.7 Å². The van der Waals surface area contributed by atoms with Crippen molar-refractivity contribution in [3.63, 3.8) is 0 Å². The Hall–Kier alpha value is -2.12. The van der Waals surface area contributed by atoms with Crippen molar-refractivity contribution in [3.8, 4) is 5.75 Å². The molecule has 0 aliphatic heterocycles. The fourth-order valence-corrected chi connectivity index (χ4v) is 1.75. The van der Waals surface area contributed by atoms with Crippen LogP contribution in [-0.4, -0.2) is 50.0 Å². The van der Waals surface area contributed by atoms with E-state index in [9.17, 15) is 9.59 Å². The second-order valence-electron chi connectivity index (χ2n) is 4.51. The predicted molar refractivity (Wildman–Crippen MR) is 79.8 cm³/mol. The van der Waals surface area contributed by atoms with E-state index in [1.54, 1.807) is 24.3 Å². The number of ether oxygens (including phenoxy) is 1. The molecule has 0 spiro atoms. The minimum Gasteiger partial charge on any atom is -0.491 e. The summed E-state index contributed by atoms with van der Waals surface area (Å²) in [5, 5.41) is 2.73. The summed E-state index contributed by atoms with van der Waals surface area (Å²) in [7, 11) is 1.83. The number of hydrogen-bond acceptors (Lipinski definition) is 5. The quantitative estimate of drug-likeness (QED) is 0.349. The maximum absolute atomic E-state index is 11.6. The van der Waals surface area contributed by atoms with Crippen LogP contribution in [-0.2, 0) is 4.79 Å². The summed E-state index contributed by atoms with van der Waals surface area (Å²) < 4.78 is 5.58. The summed E-state index contributed by atoms with van der Waals surface area (Å²) in [5.74, 6) is 5.16. The van der Waals surface area contributed by atoms with Crippen LogP contribution in [0.5, 0.6) is 5.75 Å². The highest BCUT2D eigenvalue weighted by molar-refractivity contribution is 5.96. The van der Waals surface area contributed by atoms with Crippen LogP contribution in [0, 0.1) is 0 Å². The molecule has 0 heterocycles. The van der Waals surface area contributed by atoms with Gasteiger partial charge in [0.05, 0.1) is 12.1 Å². The standard InChI is InChI=1S/C14H22N4O3/c1-3-16-13(19)10-18(2)8-9-21-12-7-5-4-6-11(12)14(20)17-15/h4-7H,3,8-10,15H2,1-2H3,(H,16,19)(H,17,20). The zero-order valence-corrected chi connectivity index (χ0v) is 12.4. The van der Waals surface area contributed by atoms with Crippen LogP contribution in [0.2, 0.25) is 0 Å². The van der Waals surface area contributed by atoms with Crippen molar-refractivity contribution in [1.29, 1.82) is 0 Å². The summed E-state index contributed by atoms with van der Waals surface area (Å²) in [6.07, 6.45) is 0. The number of nitrogens with two attached hydrogens (primary N) is 1. The van der Waals surface area contributed by atoms with E-state index in [4.69, 9.17) is 10.6 Å². The summed E-state index contributed by atoms with van der Waals surface area (Å²) in [6, 6.07) is 6.85. The van der Waals surface area contributed by atoms with Gasteiger partial charge in [-0.05, 0) is 26.1 Å². The number of para-hydroxylation sites is 1. The lowest BCUT2D eigenvalue weighted by Gasteiger charge is -2.17. The number of nitrogen functional groups attached to an aromatic ring is 1. The molecule has 21 heavy (non-hydrogen) atoms. The van der Waals surface area contributed by atoms with Crippen LogP contribution in [0.3, 0.4) is 0 Å². The van der Waals surface area contributed by atoms with E-state index in [1.165, 1.54) is 0 Å². The van der Waals surface area contributed by atoms with Gasteiger partial charge in [-0.2, -0.15) is 0 Å². The van der Waals surface area contributed by atoms with Crippen LogP contribution in [0.15, 0.2) is 24.3 Å². The Morgan fingerprint density at radius 1 is 1.33 bits per heavy atom. The van der Waals surface area contributed by atoms with Crippen LogP contribution >= 0.6 is 0 Å². The molecule has 0 unspecified atom stereocenters. The first-order valence-electron chi connectivity index (χ1n) is 6.76. The largest absolute Gasteiger partial charge is 0.491 e. The van der Waals surface area contributed by atoms with Gasteiger partial charge < -0.3 is 10.1 Å². The Labute approximate surface area is 124 Å². The fraction of sp³-hybridized carbons (Fsp3) is 0.429. The van der Waals surface area contributed by atoms with Gasteiger partial charge in [0.15, 0.2) is 0 Å². The molecule has 7 nitrogen and oxygen atoms in total. The molecule has 0 aliphatic rings. The fourth-order valence-electron chi connectivity index (χ4n) is 1.75. The zero-order valence-electron chi connectivity index (χ0n) is 12.4. The molecule has 0 aliphatic carbocycles. The normalized spacial score (nSPS) is 10.3. The van der Waals surface area contributed by atoms with Crippen molar-refractivity contribution in [2.45, 2.75) is 6.92 Å². The number of benzene rings is 1. The molecule has 7 heteroatoms. The number of likely N-dealkylation sites (N-methyl/N-ethyl adjacent to an activating group) is 2. The van der Waals surface area contributed by atoms with E-state index in [0.717, 1.165) is 0 Å². The SMILES string of the molecule is CCNC(=O)CN(C)CCOc1ccccc1C(=O)NN. The number of carbonyl (C=O) groups excluding carboxylic acids is 2. The van der Waals surface area contributed by atoms with E-state index >= 15 is 0 Å². The highest BCUT2D eigenvalue weighted by atomic mass is 16.5. The average molecular weight is 294 g/mol. The number of nitrogens with zero attached hydrogens (tertiary/aromatic N) is 1. The van der Waals surface area contributed by atoms with Gasteiger partial charge in [0.1, 0.15) is 12.4 Å². The van der Waals surface area contributed by atoms with Gasteiger partial charge in [0, 0.05) is 13.1 Å². The van der Waals surface area contributed by atoms with Crippen LogP contribution in [0.25, 0.3) is 0 Å². The second kappa shape index (κ2) is 8.93. The first-order chi connectivity index (χ1) is 10.1. The van der Waals surface area contributed by atoms with Gasteiger partial charge in [-0.1, -0.05) is 12.1 Å². The number of amides is 2. The molecule has 0 atom stereocenters. The maximum Gasteiger partial charge on any atom is 0.268 e. The Kier molecular flexibility index (Phi) is 7.20. The van der Waals surface area contributed by atoms with Crippen molar-refractivity contribution >= 4 is 11.8 Å². The predicted octanol–water partition coefficient (Wildman–Crippen LogP) is -0.263. The van der Waals surface area contributed by atoms with E-state index in [0.29, 0.717) is 37.6 Å². The molecule has 2 amide bonds. The third kappa shape index (κ3) is 5.80. The van der Waals surface area contributed by atoms with Crippen molar-refractivity contribution in [3.05, 3.63) is 29.8 Å². The van der Waals surface area contributed by atoms with Crippen molar-refractivity contribution in [2.24, 2.45) is 5.84 Å². The summed E-state index contributed by atoms with van der Waals surface area (Å²) >= 11 is 0. The summed E-state index contributed by atoms with van der Waals surface area (Å²) in [5.41, 5.74) is 2.46. The number of rotatable bonds is 8. The molecule has 4 N–H and O–H groups in total. The molecular formula is C14H22N4O3. The van der Waals surface area contributed by atoms with E-state index < -0.39 is 5.91 Å². The second-order valence-corrected chi connectivity index (χ2v) is 4.51. The lowest BCUT2D eigenvalue weighted by atomic mass is 10.2. The molecule has 0 radical (unpaired) electrons. The summed E-state index contributed by atoms with van der Waals surface area (Å²) in [6.45, 7) is 3.73. The molecule has 1 rings (SSSR count). The van der Waals surface area contributed by atoms with Crippen LogP contribution in [0.1, 0.15) is 17.3 Å². The minimum atomic E-state index is -0.402. The molecule has 0 saturated carbocycles. The van der Waals surface area contributed by atoms with Crippen molar-refractivity contribution < 1.29 is 14.3 Å². The Bertz CT molecular complexity index is 479. The van der Waals surface area contributed by atoms with Crippen molar-refractivity contribution in [2.75, 3.05) is 33.3 Å². The molecule has 0 bridgehead atoms. The van der Waals surface area contributed by atoms with Gasteiger partial charge in [-0.15, -0.1) is 0 Å². The molecule has 116 valence electrons. The van der Waals surface area contributed by atoms with Crippen LogP contribution < -0.4 is 21.3 Å². The van der Waals surface area contributed by atoms with Gasteiger partial charge >= 0.3 is 0 Å². The lowest BCUT2D eigenvalue weighted by Crippen LogP contribution is -2.36. The Balaban J connectivity index is 2.45. The minimum absolute atomic E-state index is 0.0251. The third-order valence-electron chi connectivity index (χ3n) is 2.78. The van der Waals surface area contributed by atoms with Crippen LogP contribution in [0.4, 0.5) is 0 Å². The number of hydrazine groups is 1. The number of nitrogens with one attached hydrogen (secondary N) is 2. The van der Waals surface area contributed by atoms with E-state index in [1.807, 2.05) is 18.9 Å². The maximum atomic E-state index is 11.6. The first-order valence-corrected chi connectivity index (χ1v) is 6.76. The number of carbonyl (C=O) groups is 2. The van der Waals surface area contributed by atoms with E-state index in [-0.39, 0.29) is 5.91 Å². The Morgan fingerprint density at radius 3 is 2.71 bits per heavy atom. The van der Waals surface area contributed by atoms with Gasteiger partial charge in [-0.3, -0.25) is 19.9 Å². The highest BCUT2D eigenvalue weighted by Crippen LogP contribution is 2.17. The lowest BCUT2D eigenvalue weighted by molar-refractivity contribution is -0.121. The molecular weight excluding hydrogens is 272 g/mol. The first kappa shape index (κ1) is 16.9. The molecule has 0 aromatic heterocycles. The van der Waals surface area contributed by atoms with Gasteiger partial charge in [0.2, 0.25) is 5.91 Å². The molecule has 1 aromatic carbocycles. The third-order valence-corrected chi connectivity index (χ3v) is 2.78. The van der Waals surface area contributed by atoms with E-state index in [2.05, 4.69) is 10.7 Å². The molecule has 0 saturated heterocycles. The average Bonchev–Trinajstić information content (AvgIpc) is 2.47. The molecule has 0 fully saturated rings. The highest BCUT2D eigenvalue weighted by Gasteiger charge is 2.11. The van der Waals surface area contributed by atoms with Crippen molar-refractivity contribution in [1.82, 2.24) is 15.6 Å². The monoisotopic (exact) mass is 294 g/mol. The smallest absolute Gasteiger partial charge is 0.268 e. The summed E-state index contributed by atoms with van der Waals surface area (Å²) in [4.78, 5) is 24.8. The Morgan fingerprint density at radius 2 is 2.05 bits per heavy atom. The molecule has 1 aromatic rings.